The van der Waals surface area contributed by atoms with Crippen molar-refractivity contribution in [2.45, 2.75) is 52.1 Å². The number of carbonyl (C=O) groups is 2. The van der Waals surface area contributed by atoms with Crippen LogP contribution < -0.4 is 0 Å². The number of rotatable bonds is 4. The van der Waals surface area contributed by atoms with Crippen LogP contribution in [0.5, 0.6) is 0 Å². The monoisotopic (exact) mass is 314 g/mol. The molecule has 0 spiro atoms. The van der Waals surface area contributed by atoms with Crippen LogP contribution in [0.3, 0.4) is 0 Å². The Kier molecular flexibility index (Phi) is 4.56. The molecule has 1 aromatic rings. The van der Waals surface area contributed by atoms with E-state index in [1.54, 1.807) is 12.1 Å². The lowest BCUT2D eigenvalue weighted by Crippen LogP contribution is -2.43. The highest BCUT2D eigenvalue weighted by atomic mass is 16.5. The summed E-state index contributed by atoms with van der Waals surface area (Å²) in [6.45, 7) is 4.34. The van der Waals surface area contributed by atoms with Gasteiger partial charge in [-0.2, -0.15) is 0 Å². The Hall–Kier alpha value is -1.64. The van der Waals surface area contributed by atoms with Crippen LogP contribution in [0.25, 0.3) is 0 Å². The molecule has 2 saturated carbocycles. The average Bonchev–Trinajstić information content (AvgIpc) is 2.93. The summed E-state index contributed by atoms with van der Waals surface area (Å²) in [5.41, 5.74) is 0.746. The summed E-state index contributed by atoms with van der Waals surface area (Å²) >= 11 is 0. The molecule has 0 heterocycles. The molecule has 0 N–H and O–H groups in total. The van der Waals surface area contributed by atoms with Gasteiger partial charge in [-0.3, -0.25) is 0 Å². The molecule has 0 amide bonds. The molecule has 0 bridgehead atoms. The largest absolute Gasteiger partial charge is 0.458 e. The van der Waals surface area contributed by atoms with E-state index >= 15 is 0 Å². The lowest BCUT2D eigenvalue weighted by molar-refractivity contribution is -0.114. The predicted octanol–water partition coefficient (Wildman–Crippen LogP) is 4.26. The van der Waals surface area contributed by atoms with E-state index < -0.39 is 0 Å². The minimum absolute atomic E-state index is 0.00897. The zero-order valence-electron chi connectivity index (χ0n) is 14.0. The number of ether oxygens (including phenoxy) is 1. The third kappa shape index (κ3) is 2.93. The second kappa shape index (κ2) is 6.46. The van der Waals surface area contributed by atoms with Crippen LogP contribution in [0.2, 0.25) is 0 Å². The van der Waals surface area contributed by atoms with Crippen molar-refractivity contribution in [1.29, 1.82) is 0 Å². The fourth-order valence-corrected chi connectivity index (χ4v) is 5.04. The molecule has 1 aromatic carbocycles. The molecule has 0 aromatic heterocycles. The number of benzene rings is 1. The molecular formula is C20H26O3. The third-order valence-electron chi connectivity index (χ3n) is 6.25. The van der Waals surface area contributed by atoms with Crippen molar-refractivity contribution in [2.24, 2.45) is 23.2 Å². The summed E-state index contributed by atoms with van der Waals surface area (Å²) in [4.78, 5) is 23.7. The number of hydrogen-bond acceptors (Lipinski definition) is 3. The van der Waals surface area contributed by atoms with Crippen LogP contribution in [0.15, 0.2) is 30.3 Å². The molecule has 5 atom stereocenters. The number of esters is 1. The van der Waals surface area contributed by atoms with E-state index in [0.717, 1.165) is 38.4 Å². The average molecular weight is 314 g/mol. The molecule has 5 unspecified atom stereocenters. The molecule has 124 valence electrons. The van der Waals surface area contributed by atoms with E-state index in [1.807, 2.05) is 25.1 Å². The Morgan fingerprint density at radius 3 is 2.70 bits per heavy atom. The fraction of sp³-hybridized carbons (Fsp3) is 0.600. The van der Waals surface area contributed by atoms with Crippen molar-refractivity contribution >= 4 is 12.3 Å². The van der Waals surface area contributed by atoms with Gasteiger partial charge >= 0.3 is 5.97 Å². The first-order valence-corrected chi connectivity index (χ1v) is 8.77. The molecular weight excluding hydrogens is 288 g/mol. The van der Waals surface area contributed by atoms with Crippen LogP contribution in [0.4, 0.5) is 0 Å². The van der Waals surface area contributed by atoms with E-state index in [2.05, 4.69) is 6.92 Å². The van der Waals surface area contributed by atoms with Gasteiger partial charge in [0.05, 0.1) is 5.56 Å². The summed E-state index contributed by atoms with van der Waals surface area (Å²) in [6, 6.07) is 9.22. The topological polar surface area (TPSA) is 43.4 Å². The predicted molar refractivity (Wildman–Crippen MR) is 89.0 cm³/mol. The molecule has 2 aliphatic carbocycles. The maximum Gasteiger partial charge on any atom is 0.338 e. The van der Waals surface area contributed by atoms with Crippen molar-refractivity contribution in [3.63, 3.8) is 0 Å². The lowest BCUT2D eigenvalue weighted by Gasteiger charge is -2.45. The SMILES string of the molecule is CC(C=O)C1CCC2C(OC(=O)c3ccccc3)CCCC12C. The van der Waals surface area contributed by atoms with Gasteiger partial charge in [0.2, 0.25) is 0 Å². The van der Waals surface area contributed by atoms with Gasteiger partial charge in [0.25, 0.3) is 0 Å². The molecule has 0 saturated heterocycles. The Morgan fingerprint density at radius 2 is 2.00 bits per heavy atom. The van der Waals surface area contributed by atoms with E-state index in [9.17, 15) is 9.59 Å². The van der Waals surface area contributed by atoms with Crippen LogP contribution in [-0.2, 0) is 9.53 Å². The quantitative estimate of drug-likeness (QED) is 0.616. The van der Waals surface area contributed by atoms with Gasteiger partial charge in [-0.25, -0.2) is 4.79 Å². The third-order valence-corrected chi connectivity index (χ3v) is 6.25. The van der Waals surface area contributed by atoms with Gasteiger partial charge in [-0.15, -0.1) is 0 Å². The first-order valence-electron chi connectivity index (χ1n) is 8.77. The Morgan fingerprint density at radius 1 is 1.26 bits per heavy atom. The molecule has 0 radical (unpaired) electrons. The Labute approximate surface area is 138 Å². The van der Waals surface area contributed by atoms with Crippen molar-refractivity contribution in [3.05, 3.63) is 35.9 Å². The number of fused-ring (bicyclic) bond motifs is 1. The van der Waals surface area contributed by atoms with Gasteiger partial charge in [-0.05, 0) is 55.6 Å². The van der Waals surface area contributed by atoms with Gasteiger partial charge in [0.1, 0.15) is 12.4 Å². The highest BCUT2D eigenvalue weighted by molar-refractivity contribution is 5.89. The summed E-state index contributed by atoms with van der Waals surface area (Å²) in [5, 5.41) is 0. The number of hydrogen-bond donors (Lipinski definition) is 0. The zero-order chi connectivity index (χ0) is 16.4. The van der Waals surface area contributed by atoms with Crippen molar-refractivity contribution in [2.75, 3.05) is 0 Å². The normalized spacial score (nSPS) is 34.4. The summed E-state index contributed by atoms with van der Waals surface area (Å²) < 4.78 is 5.89. The van der Waals surface area contributed by atoms with Gasteiger partial charge in [0.15, 0.2) is 0 Å². The number of aldehydes is 1. The minimum atomic E-state index is -0.216. The smallest absolute Gasteiger partial charge is 0.338 e. The second-order valence-corrected chi connectivity index (χ2v) is 7.49. The first-order chi connectivity index (χ1) is 11.1. The van der Waals surface area contributed by atoms with Crippen LogP contribution in [-0.4, -0.2) is 18.4 Å². The molecule has 3 heteroatoms. The van der Waals surface area contributed by atoms with E-state index in [-0.39, 0.29) is 23.4 Å². The van der Waals surface area contributed by atoms with Gasteiger partial charge < -0.3 is 9.53 Å². The highest BCUT2D eigenvalue weighted by Crippen LogP contribution is 2.58. The van der Waals surface area contributed by atoms with E-state index in [0.29, 0.717) is 17.4 Å². The van der Waals surface area contributed by atoms with Crippen LogP contribution >= 0.6 is 0 Å². The summed E-state index contributed by atoms with van der Waals surface area (Å²) in [5.74, 6) is 0.680. The number of carbonyl (C=O) groups excluding carboxylic acids is 2. The summed E-state index contributed by atoms with van der Waals surface area (Å²) in [6.07, 6.45) is 6.37. The van der Waals surface area contributed by atoms with Crippen molar-refractivity contribution < 1.29 is 14.3 Å². The standard InChI is InChI=1S/C20H26O3/c1-14(13-21)16-10-11-17-18(9-6-12-20(16,17)2)23-19(22)15-7-4-3-5-8-15/h3-5,7-8,13-14,16-18H,6,9-12H2,1-2H3. The van der Waals surface area contributed by atoms with Crippen molar-refractivity contribution in [3.8, 4) is 0 Å². The van der Waals surface area contributed by atoms with Gasteiger partial charge in [0, 0.05) is 11.8 Å². The van der Waals surface area contributed by atoms with E-state index in [1.165, 1.54) is 0 Å². The molecule has 2 aliphatic rings. The maximum absolute atomic E-state index is 12.4. The Bertz CT molecular complexity index is 568. The van der Waals surface area contributed by atoms with Gasteiger partial charge in [-0.1, -0.05) is 32.0 Å². The lowest BCUT2D eigenvalue weighted by atomic mass is 9.62. The second-order valence-electron chi connectivity index (χ2n) is 7.49. The molecule has 3 rings (SSSR count). The summed E-state index contributed by atoms with van der Waals surface area (Å²) in [7, 11) is 0. The minimum Gasteiger partial charge on any atom is -0.458 e. The molecule has 3 nitrogen and oxygen atoms in total. The molecule has 0 aliphatic heterocycles. The fourth-order valence-electron chi connectivity index (χ4n) is 5.04. The first kappa shape index (κ1) is 16.2. The zero-order valence-corrected chi connectivity index (χ0v) is 14.0. The van der Waals surface area contributed by atoms with E-state index in [4.69, 9.17) is 4.74 Å². The van der Waals surface area contributed by atoms with Crippen LogP contribution in [0, 0.1) is 23.2 Å². The highest BCUT2D eigenvalue weighted by Gasteiger charge is 2.53. The molecule has 23 heavy (non-hydrogen) atoms. The van der Waals surface area contributed by atoms with Crippen molar-refractivity contribution in [1.82, 2.24) is 0 Å². The molecule has 2 fully saturated rings. The Balaban J connectivity index is 1.75. The van der Waals surface area contributed by atoms with Crippen LogP contribution in [0.1, 0.15) is 56.3 Å². The maximum atomic E-state index is 12.4.